The van der Waals surface area contributed by atoms with E-state index in [1.807, 2.05) is 12.1 Å². The van der Waals surface area contributed by atoms with Gasteiger partial charge in [-0.1, -0.05) is 18.9 Å². The zero-order chi connectivity index (χ0) is 15.5. The molecule has 116 valence electrons. The van der Waals surface area contributed by atoms with Gasteiger partial charge in [0.05, 0.1) is 0 Å². The van der Waals surface area contributed by atoms with Crippen LogP contribution in [0.5, 0.6) is 5.75 Å². The lowest BCUT2D eigenvalue weighted by atomic mass is 9.53. The van der Waals surface area contributed by atoms with Gasteiger partial charge < -0.3 is 10.2 Å². The summed E-state index contributed by atoms with van der Waals surface area (Å²) in [5.41, 5.74) is 1.69. The highest BCUT2D eigenvalue weighted by molar-refractivity contribution is 5.40. The Morgan fingerprint density at radius 1 is 1.23 bits per heavy atom. The van der Waals surface area contributed by atoms with Gasteiger partial charge in [0.1, 0.15) is 11.4 Å². The zero-order valence-corrected chi connectivity index (χ0v) is 13.2. The summed E-state index contributed by atoms with van der Waals surface area (Å²) in [7, 11) is 0. The molecule has 2 nitrogen and oxygen atoms in total. The number of phenolic OH excluding ortho intramolecular Hbond substituents is 1. The second kappa shape index (κ2) is 4.52. The summed E-state index contributed by atoms with van der Waals surface area (Å²) < 4.78 is 0. The van der Waals surface area contributed by atoms with E-state index in [4.69, 9.17) is 6.42 Å². The average molecular weight is 296 g/mol. The molecule has 22 heavy (non-hydrogen) atoms. The Morgan fingerprint density at radius 3 is 2.82 bits per heavy atom. The number of phenols is 1. The molecule has 0 amide bonds. The first-order chi connectivity index (χ1) is 10.5. The second-order valence-electron chi connectivity index (χ2n) is 7.80. The first-order valence-corrected chi connectivity index (χ1v) is 8.50. The summed E-state index contributed by atoms with van der Waals surface area (Å²) in [6.45, 7) is 2.22. The number of benzene rings is 1. The molecule has 1 aromatic carbocycles. The third kappa shape index (κ3) is 1.66. The van der Waals surface area contributed by atoms with Crippen molar-refractivity contribution in [1.29, 1.82) is 0 Å². The molecular formula is C20H24O2. The molecule has 0 bridgehead atoms. The van der Waals surface area contributed by atoms with Crippen molar-refractivity contribution in [2.45, 2.75) is 57.0 Å². The van der Waals surface area contributed by atoms with Gasteiger partial charge in [0.25, 0.3) is 0 Å². The number of aryl methyl sites for hydroxylation is 1. The number of hydrogen-bond acceptors (Lipinski definition) is 2. The van der Waals surface area contributed by atoms with Crippen molar-refractivity contribution in [2.75, 3.05) is 0 Å². The Balaban J connectivity index is 1.72. The number of aromatic hydroxyl groups is 1. The van der Waals surface area contributed by atoms with Gasteiger partial charge in [0.15, 0.2) is 0 Å². The van der Waals surface area contributed by atoms with E-state index in [0.717, 1.165) is 38.5 Å². The maximum Gasteiger partial charge on any atom is 0.130 e. The van der Waals surface area contributed by atoms with E-state index in [9.17, 15) is 10.2 Å². The molecule has 0 heterocycles. The molecule has 0 saturated heterocycles. The van der Waals surface area contributed by atoms with Crippen molar-refractivity contribution >= 4 is 0 Å². The van der Waals surface area contributed by atoms with Gasteiger partial charge in [-0.3, -0.25) is 0 Å². The maximum absolute atomic E-state index is 10.9. The van der Waals surface area contributed by atoms with E-state index >= 15 is 0 Å². The van der Waals surface area contributed by atoms with Crippen LogP contribution in [0.25, 0.3) is 0 Å². The number of rotatable bonds is 0. The third-order valence-electron chi connectivity index (χ3n) is 7.10. The minimum absolute atomic E-state index is 0.128. The first-order valence-electron chi connectivity index (χ1n) is 8.50. The quantitative estimate of drug-likeness (QED) is 0.718. The monoisotopic (exact) mass is 296 g/mol. The number of terminal acetylenes is 1. The summed E-state index contributed by atoms with van der Waals surface area (Å²) in [5.74, 6) is 4.82. The van der Waals surface area contributed by atoms with E-state index in [2.05, 4.69) is 18.9 Å². The van der Waals surface area contributed by atoms with Gasteiger partial charge in [-0.05, 0) is 79.5 Å². The Labute approximate surface area is 132 Å². The Hall–Kier alpha value is -1.46. The topological polar surface area (TPSA) is 40.5 Å². The minimum atomic E-state index is -0.919. The average Bonchev–Trinajstić information content (AvgIpc) is 2.79. The summed E-state index contributed by atoms with van der Waals surface area (Å²) in [5, 5.41) is 20.6. The molecule has 2 heteroatoms. The van der Waals surface area contributed by atoms with Crippen molar-refractivity contribution in [3.05, 3.63) is 29.3 Å². The number of hydrogen-bond donors (Lipinski definition) is 2. The van der Waals surface area contributed by atoms with Gasteiger partial charge in [-0.25, -0.2) is 0 Å². The van der Waals surface area contributed by atoms with Crippen molar-refractivity contribution in [3.8, 4) is 18.1 Å². The molecule has 0 aliphatic heterocycles. The summed E-state index contributed by atoms with van der Waals surface area (Å²) in [4.78, 5) is 0. The Kier molecular flexibility index (Phi) is 2.91. The van der Waals surface area contributed by atoms with Crippen molar-refractivity contribution in [3.63, 3.8) is 0 Å². The summed E-state index contributed by atoms with van der Waals surface area (Å²) in [6, 6.07) is 5.87. The highest BCUT2D eigenvalue weighted by atomic mass is 16.3. The first kappa shape index (κ1) is 14.2. The lowest BCUT2D eigenvalue weighted by molar-refractivity contribution is -0.0646. The van der Waals surface area contributed by atoms with Crippen LogP contribution in [0.1, 0.15) is 56.1 Å². The third-order valence-corrected chi connectivity index (χ3v) is 7.10. The smallest absolute Gasteiger partial charge is 0.130 e. The predicted octanol–water partition coefficient (Wildman–Crippen LogP) is 3.61. The largest absolute Gasteiger partial charge is 0.508 e. The molecule has 1 aromatic rings. The van der Waals surface area contributed by atoms with Crippen LogP contribution in [-0.2, 0) is 6.42 Å². The molecule has 2 fully saturated rings. The lowest BCUT2D eigenvalue weighted by Gasteiger charge is -2.52. The summed E-state index contributed by atoms with van der Waals surface area (Å²) in [6.07, 6.45) is 11.8. The fourth-order valence-electron chi connectivity index (χ4n) is 5.82. The fourth-order valence-corrected chi connectivity index (χ4v) is 5.82. The van der Waals surface area contributed by atoms with Crippen molar-refractivity contribution in [1.82, 2.24) is 0 Å². The molecule has 4 rings (SSSR count). The molecule has 2 saturated carbocycles. The normalized spacial score (nSPS) is 42.9. The molecule has 0 radical (unpaired) electrons. The zero-order valence-electron chi connectivity index (χ0n) is 13.2. The van der Waals surface area contributed by atoms with E-state index < -0.39 is 5.60 Å². The van der Waals surface area contributed by atoms with Gasteiger partial charge in [-0.15, -0.1) is 6.42 Å². The highest BCUT2D eigenvalue weighted by Gasteiger charge is 2.61. The lowest BCUT2D eigenvalue weighted by Crippen LogP contribution is -2.50. The number of aliphatic hydroxyl groups is 1. The van der Waals surface area contributed by atoms with Crippen LogP contribution in [-0.4, -0.2) is 15.8 Å². The van der Waals surface area contributed by atoms with Crippen LogP contribution in [0.2, 0.25) is 0 Å². The number of fused-ring (bicyclic) bond motifs is 5. The SMILES string of the molecule is C#C[C@]1(O)CC[C@@H]2[C@@H]3CCc4cc(O)ccc4[C@@H]3CC[C@@]21C. The van der Waals surface area contributed by atoms with Crippen LogP contribution >= 0.6 is 0 Å². The predicted molar refractivity (Wildman–Crippen MR) is 86.5 cm³/mol. The van der Waals surface area contributed by atoms with E-state index in [0.29, 0.717) is 23.5 Å². The van der Waals surface area contributed by atoms with Crippen LogP contribution in [0.15, 0.2) is 18.2 Å². The van der Waals surface area contributed by atoms with E-state index in [1.165, 1.54) is 11.1 Å². The fraction of sp³-hybridized carbons (Fsp3) is 0.600. The van der Waals surface area contributed by atoms with E-state index in [-0.39, 0.29) is 5.41 Å². The van der Waals surface area contributed by atoms with Gasteiger partial charge in [0, 0.05) is 5.41 Å². The molecule has 2 N–H and O–H groups in total. The Morgan fingerprint density at radius 2 is 2.05 bits per heavy atom. The minimum Gasteiger partial charge on any atom is -0.508 e. The molecule has 0 unspecified atom stereocenters. The van der Waals surface area contributed by atoms with Crippen LogP contribution in [0.3, 0.4) is 0 Å². The van der Waals surface area contributed by atoms with Gasteiger partial charge >= 0.3 is 0 Å². The molecule has 3 aliphatic carbocycles. The molecule has 3 aliphatic rings. The molecule has 5 atom stereocenters. The van der Waals surface area contributed by atoms with Gasteiger partial charge in [-0.2, -0.15) is 0 Å². The molecule has 0 aromatic heterocycles. The van der Waals surface area contributed by atoms with Gasteiger partial charge in [0.2, 0.25) is 0 Å². The van der Waals surface area contributed by atoms with Crippen molar-refractivity contribution < 1.29 is 10.2 Å². The maximum atomic E-state index is 10.9. The van der Waals surface area contributed by atoms with E-state index in [1.54, 1.807) is 0 Å². The van der Waals surface area contributed by atoms with Crippen LogP contribution in [0.4, 0.5) is 0 Å². The molecule has 0 spiro atoms. The molecular weight excluding hydrogens is 272 g/mol. The second-order valence-corrected chi connectivity index (χ2v) is 7.80. The Bertz CT molecular complexity index is 658. The highest BCUT2D eigenvalue weighted by Crippen LogP contribution is 2.64. The van der Waals surface area contributed by atoms with Crippen LogP contribution < -0.4 is 0 Å². The van der Waals surface area contributed by atoms with Crippen molar-refractivity contribution in [2.24, 2.45) is 17.3 Å². The summed E-state index contributed by atoms with van der Waals surface area (Å²) >= 11 is 0. The van der Waals surface area contributed by atoms with Crippen LogP contribution in [0, 0.1) is 29.6 Å². The standard InChI is InChI=1S/C20H24O2/c1-3-20(22)11-9-18-17-6-4-13-12-14(21)5-7-15(13)16(17)8-10-19(18,20)2/h1,5,7,12,16-18,21-22H,4,6,8-11H2,2H3/t16-,17+,18+,19-,20-/m0/s1.